The smallest absolute Gasteiger partial charge is 0.387 e. The van der Waals surface area contributed by atoms with E-state index in [-0.39, 0.29) is 40.5 Å². The number of methoxy groups -OCH3 is 1. The van der Waals surface area contributed by atoms with E-state index >= 15 is 0 Å². The predicted octanol–water partition coefficient (Wildman–Crippen LogP) is 4.08. The van der Waals surface area contributed by atoms with Crippen molar-refractivity contribution in [2.75, 3.05) is 7.11 Å². The summed E-state index contributed by atoms with van der Waals surface area (Å²) in [7, 11) is -2.58. The molecular formula is C23H28F2N2O5S. The first-order valence-electron chi connectivity index (χ1n) is 10.7. The van der Waals surface area contributed by atoms with Gasteiger partial charge in [0.25, 0.3) is 5.91 Å². The fourth-order valence-electron chi connectivity index (χ4n) is 3.92. The molecule has 1 aliphatic rings. The molecule has 1 aliphatic carbocycles. The van der Waals surface area contributed by atoms with E-state index in [0.29, 0.717) is 5.56 Å². The number of hydrogen-bond acceptors (Lipinski definition) is 5. The van der Waals surface area contributed by atoms with Crippen molar-refractivity contribution in [1.82, 2.24) is 10.0 Å². The Balaban J connectivity index is 1.78. The minimum Gasteiger partial charge on any atom is -0.495 e. The van der Waals surface area contributed by atoms with Gasteiger partial charge in [0.15, 0.2) is 0 Å². The van der Waals surface area contributed by atoms with Crippen LogP contribution in [0.25, 0.3) is 0 Å². The van der Waals surface area contributed by atoms with E-state index in [0.717, 1.165) is 25.7 Å². The van der Waals surface area contributed by atoms with Crippen LogP contribution in [0.5, 0.6) is 11.5 Å². The van der Waals surface area contributed by atoms with E-state index in [4.69, 9.17) is 4.74 Å². The number of sulfonamides is 1. The molecule has 0 spiro atoms. The van der Waals surface area contributed by atoms with Gasteiger partial charge in [0.05, 0.1) is 7.11 Å². The van der Waals surface area contributed by atoms with Gasteiger partial charge in [-0.15, -0.1) is 0 Å². The van der Waals surface area contributed by atoms with Gasteiger partial charge in [-0.2, -0.15) is 8.78 Å². The van der Waals surface area contributed by atoms with Crippen LogP contribution < -0.4 is 19.5 Å². The second kappa shape index (κ2) is 10.9. The average molecular weight is 483 g/mol. The zero-order chi connectivity index (χ0) is 24.0. The number of nitrogens with one attached hydrogen (secondary N) is 2. The molecule has 3 rings (SSSR count). The van der Waals surface area contributed by atoms with Crippen molar-refractivity contribution >= 4 is 15.9 Å². The van der Waals surface area contributed by atoms with Crippen molar-refractivity contribution < 1.29 is 31.5 Å². The van der Waals surface area contributed by atoms with Gasteiger partial charge in [-0.25, -0.2) is 13.1 Å². The zero-order valence-corrected chi connectivity index (χ0v) is 19.3. The van der Waals surface area contributed by atoms with Crippen LogP contribution in [0.15, 0.2) is 47.4 Å². The molecule has 0 aromatic heterocycles. The van der Waals surface area contributed by atoms with Gasteiger partial charge in [0, 0.05) is 23.7 Å². The number of carbonyl (C=O) groups is 1. The molecule has 0 bridgehead atoms. The van der Waals surface area contributed by atoms with Crippen LogP contribution >= 0.6 is 0 Å². The highest BCUT2D eigenvalue weighted by Gasteiger charge is 2.29. The second-order valence-corrected chi connectivity index (χ2v) is 9.71. The first-order valence-corrected chi connectivity index (χ1v) is 12.2. The molecule has 2 unspecified atom stereocenters. The van der Waals surface area contributed by atoms with E-state index in [1.54, 1.807) is 18.2 Å². The molecule has 2 aromatic carbocycles. The van der Waals surface area contributed by atoms with Crippen molar-refractivity contribution in [3.63, 3.8) is 0 Å². The lowest BCUT2D eigenvalue weighted by Gasteiger charge is -2.29. The fourth-order valence-corrected chi connectivity index (χ4v) is 5.49. The summed E-state index contributed by atoms with van der Waals surface area (Å²) in [5.41, 5.74) is 0.459. The van der Waals surface area contributed by atoms with Gasteiger partial charge in [-0.1, -0.05) is 38.0 Å². The fraction of sp³-hybridized carbons (Fsp3) is 0.435. The summed E-state index contributed by atoms with van der Waals surface area (Å²) in [6, 6.07) is 10.0. The maximum Gasteiger partial charge on any atom is 0.387 e. The average Bonchev–Trinajstić information content (AvgIpc) is 2.79. The molecule has 0 heterocycles. The van der Waals surface area contributed by atoms with E-state index < -0.39 is 22.5 Å². The lowest BCUT2D eigenvalue weighted by molar-refractivity contribution is -0.0504. The topological polar surface area (TPSA) is 93.7 Å². The predicted molar refractivity (Wildman–Crippen MR) is 119 cm³/mol. The SMILES string of the molecule is COc1ccc(C(=O)NCc2ccccc2OC(F)F)cc1S(=O)(=O)NC1CCCCC1C. The number of benzene rings is 2. The Morgan fingerprint density at radius 3 is 2.55 bits per heavy atom. The number of amides is 1. The summed E-state index contributed by atoms with van der Waals surface area (Å²) in [4.78, 5) is 12.6. The molecule has 2 aromatic rings. The number of ether oxygens (including phenoxy) is 2. The first-order chi connectivity index (χ1) is 15.7. The monoisotopic (exact) mass is 482 g/mol. The first kappa shape index (κ1) is 24.9. The number of halogens is 2. The Morgan fingerprint density at radius 2 is 1.85 bits per heavy atom. The quantitative estimate of drug-likeness (QED) is 0.562. The molecule has 2 N–H and O–H groups in total. The molecule has 0 aliphatic heterocycles. The highest BCUT2D eigenvalue weighted by Crippen LogP contribution is 2.29. The van der Waals surface area contributed by atoms with Crippen LogP contribution in [0, 0.1) is 5.92 Å². The molecule has 7 nitrogen and oxygen atoms in total. The Kier molecular flexibility index (Phi) is 8.25. The lowest BCUT2D eigenvalue weighted by atomic mass is 9.87. The summed E-state index contributed by atoms with van der Waals surface area (Å²) in [5.74, 6) is -0.275. The Hall–Kier alpha value is -2.72. The maximum atomic E-state index is 13.1. The van der Waals surface area contributed by atoms with Gasteiger partial charge >= 0.3 is 6.61 Å². The third-order valence-electron chi connectivity index (χ3n) is 5.76. The Labute approximate surface area is 192 Å². The number of hydrogen-bond donors (Lipinski definition) is 2. The summed E-state index contributed by atoms with van der Waals surface area (Å²) in [6.07, 6.45) is 3.73. The molecule has 1 fully saturated rings. The number of alkyl halides is 2. The van der Waals surface area contributed by atoms with Crippen LogP contribution in [0.4, 0.5) is 8.78 Å². The summed E-state index contributed by atoms with van der Waals surface area (Å²) >= 11 is 0. The Morgan fingerprint density at radius 1 is 1.12 bits per heavy atom. The van der Waals surface area contributed by atoms with Crippen LogP contribution in [0.1, 0.15) is 48.5 Å². The van der Waals surface area contributed by atoms with Crippen LogP contribution in [0.2, 0.25) is 0 Å². The molecule has 1 saturated carbocycles. The molecule has 1 amide bonds. The highest BCUT2D eigenvalue weighted by molar-refractivity contribution is 7.89. The summed E-state index contributed by atoms with van der Waals surface area (Å²) in [6.45, 7) is -1.05. The number of rotatable bonds is 9. The standard InChI is InChI=1S/C23H28F2N2O5S/c1-15-7-3-5-9-18(15)27-33(29,30)21-13-16(11-12-20(21)31-2)22(28)26-14-17-8-4-6-10-19(17)32-23(24)25/h4,6,8,10-13,15,18,23,27H,3,5,7,9,14H2,1-2H3,(H,26,28). The minimum atomic E-state index is -3.94. The third kappa shape index (κ3) is 6.42. The van der Waals surface area contributed by atoms with Crippen LogP contribution in [0.3, 0.4) is 0 Å². The van der Waals surface area contributed by atoms with Crippen molar-refractivity contribution in [2.24, 2.45) is 5.92 Å². The highest BCUT2D eigenvalue weighted by atomic mass is 32.2. The van der Waals surface area contributed by atoms with Crippen molar-refractivity contribution in [2.45, 2.75) is 56.7 Å². The van der Waals surface area contributed by atoms with E-state index in [9.17, 15) is 22.0 Å². The van der Waals surface area contributed by atoms with Crippen LogP contribution in [-0.2, 0) is 16.6 Å². The molecule has 2 atom stereocenters. The molecule has 10 heteroatoms. The van der Waals surface area contributed by atoms with Crippen molar-refractivity contribution in [3.05, 3.63) is 53.6 Å². The molecule has 0 radical (unpaired) electrons. The third-order valence-corrected chi connectivity index (χ3v) is 7.27. The lowest BCUT2D eigenvalue weighted by Crippen LogP contribution is -2.41. The van der Waals surface area contributed by atoms with Crippen molar-refractivity contribution in [3.8, 4) is 11.5 Å². The van der Waals surface area contributed by atoms with Crippen molar-refractivity contribution in [1.29, 1.82) is 0 Å². The number of para-hydroxylation sites is 1. The molecule has 0 saturated heterocycles. The zero-order valence-electron chi connectivity index (χ0n) is 18.5. The molecule has 180 valence electrons. The maximum absolute atomic E-state index is 13.1. The van der Waals surface area contributed by atoms with E-state index in [1.165, 1.54) is 31.4 Å². The van der Waals surface area contributed by atoms with E-state index in [1.807, 2.05) is 6.92 Å². The Bertz CT molecular complexity index is 1080. The van der Waals surface area contributed by atoms with Gasteiger partial charge in [-0.05, 0) is 43.0 Å². The van der Waals surface area contributed by atoms with Gasteiger partial charge < -0.3 is 14.8 Å². The second-order valence-electron chi connectivity index (χ2n) is 8.02. The van der Waals surface area contributed by atoms with Crippen LogP contribution in [-0.4, -0.2) is 34.1 Å². The molecular weight excluding hydrogens is 454 g/mol. The summed E-state index contributed by atoms with van der Waals surface area (Å²) < 4.78 is 63.9. The van der Waals surface area contributed by atoms with Gasteiger partial charge in [-0.3, -0.25) is 4.79 Å². The molecule has 33 heavy (non-hydrogen) atoms. The largest absolute Gasteiger partial charge is 0.495 e. The van der Waals surface area contributed by atoms with E-state index in [2.05, 4.69) is 14.8 Å². The minimum absolute atomic E-state index is 0.0448. The van der Waals surface area contributed by atoms with Gasteiger partial charge in [0.2, 0.25) is 10.0 Å². The summed E-state index contributed by atoms with van der Waals surface area (Å²) in [5, 5.41) is 2.61. The normalized spacial score (nSPS) is 18.7. The van der Waals surface area contributed by atoms with Gasteiger partial charge in [0.1, 0.15) is 16.4 Å². The number of carbonyl (C=O) groups excluding carboxylic acids is 1.